The third-order valence-electron chi connectivity index (χ3n) is 4.08. The van der Waals surface area contributed by atoms with Gasteiger partial charge in [-0.15, -0.1) is 11.3 Å². The fraction of sp³-hybridized carbons (Fsp3) is 0.381. The average molecular weight is 418 g/mol. The predicted molar refractivity (Wildman–Crippen MR) is 121 cm³/mol. The Labute approximate surface area is 176 Å². The van der Waals surface area contributed by atoms with E-state index in [1.54, 1.807) is 23.7 Å². The van der Waals surface area contributed by atoms with Crippen LogP contribution in [0.5, 0.6) is 0 Å². The fourth-order valence-electron chi connectivity index (χ4n) is 2.63. The van der Waals surface area contributed by atoms with E-state index >= 15 is 0 Å². The summed E-state index contributed by atoms with van der Waals surface area (Å²) in [5.41, 5.74) is 8.77. The van der Waals surface area contributed by atoms with E-state index in [9.17, 15) is 0 Å². The second-order valence-electron chi connectivity index (χ2n) is 6.19. The molecule has 3 heterocycles. The summed E-state index contributed by atoms with van der Waals surface area (Å²) in [5.74, 6) is 0.782. The molecule has 3 aromatic heterocycles. The van der Waals surface area contributed by atoms with Gasteiger partial charge in [0.1, 0.15) is 5.82 Å². The minimum Gasteiger partial charge on any atom is -0.365 e. The summed E-state index contributed by atoms with van der Waals surface area (Å²) in [6.07, 6.45) is 11.3. The largest absolute Gasteiger partial charge is 0.365 e. The zero-order valence-corrected chi connectivity index (χ0v) is 18.2. The molecule has 1 unspecified atom stereocenters. The van der Waals surface area contributed by atoms with E-state index in [1.165, 1.54) is 12.8 Å². The number of rotatable bonds is 3. The molecule has 4 rings (SSSR count). The molecule has 7 heteroatoms. The number of anilines is 1. The molecule has 0 amide bonds. The van der Waals surface area contributed by atoms with E-state index in [1.807, 2.05) is 32.9 Å². The van der Waals surface area contributed by atoms with Crippen LogP contribution >= 0.6 is 22.9 Å². The molecule has 0 radical (unpaired) electrons. The third kappa shape index (κ3) is 6.55. The van der Waals surface area contributed by atoms with Crippen LogP contribution in [0.15, 0.2) is 42.1 Å². The number of allylic oxidation sites excluding steroid dienone is 1. The minimum atomic E-state index is 0.270. The Morgan fingerprint density at radius 1 is 1.21 bits per heavy atom. The first-order chi connectivity index (χ1) is 13.6. The maximum atomic E-state index is 5.97. The van der Waals surface area contributed by atoms with Gasteiger partial charge in [-0.2, -0.15) is 4.98 Å². The van der Waals surface area contributed by atoms with Crippen molar-refractivity contribution in [2.24, 2.45) is 5.73 Å². The molecule has 0 saturated carbocycles. The fourth-order valence-corrected chi connectivity index (χ4v) is 3.75. The van der Waals surface area contributed by atoms with Crippen molar-refractivity contribution >= 4 is 39.0 Å². The Balaban J connectivity index is 0.000000261. The molecule has 1 aliphatic carbocycles. The van der Waals surface area contributed by atoms with Crippen LogP contribution in [0.2, 0.25) is 5.28 Å². The lowest BCUT2D eigenvalue weighted by Crippen LogP contribution is -2.19. The molecule has 0 saturated heterocycles. The summed E-state index contributed by atoms with van der Waals surface area (Å²) in [5, 5.41) is 5.64. The van der Waals surface area contributed by atoms with Crippen molar-refractivity contribution in [1.29, 1.82) is 0 Å². The van der Waals surface area contributed by atoms with Crippen LogP contribution < -0.4 is 11.1 Å². The van der Waals surface area contributed by atoms with Crippen molar-refractivity contribution in [3.8, 4) is 0 Å². The molecular formula is C21H28ClN5S. The van der Waals surface area contributed by atoms with Gasteiger partial charge in [-0.3, -0.25) is 4.98 Å². The Morgan fingerprint density at radius 3 is 2.57 bits per heavy atom. The molecule has 1 aliphatic rings. The first-order valence-electron chi connectivity index (χ1n) is 9.58. The van der Waals surface area contributed by atoms with Crippen molar-refractivity contribution < 1.29 is 0 Å². The highest BCUT2D eigenvalue weighted by Gasteiger charge is 2.10. The second kappa shape index (κ2) is 11.7. The summed E-state index contributed by atoms with van der Waals surface area (Å²) in [6, 6.07) is 4.38. The highest BCUT2D eigenvalue weighted by molar-refractivity contribution is 7.18. The van der Waals surface area contributed by atoms with Crippen molar-refractivity contribution in [1.82, 2.24) is 15.0 Å². The van der Waals surface area contributed by atoms with Gasteiger partial charge >= 0.3 is 0 Å². The van der Waals surface area contributed by atoms with Crippen LogP contribution in [0.1, 0.15) is 44.2 Å². The molecule has 0 aromatic carbocycles. The van der Waals surface area contributed by atoms with Crippen LogP contribution in [0, 0.1) is 6.92 Å². The highest BCUT2D eigenvalue weighted by atomic mass is 35.5. The van der Waals surface area contributed by atoms with Gasteiger partial charge in [-0.25, -0.2) is 4.98 Å². The van der Waals surface area contributed by atoms with Crippen LogP contribution in [0.25, 0.3) is 10.2 Å². The Hall–Kier alpha value is -2.02. The van der Waals surface area contributed by atoms with E-state index in [-0.39, 0.29) is 5.28 Å². The number of aryl methyl sites for hydroxylation is 1. The van der Waals surface area contributed by atoms with Gasteiger partial charge in [0.2, 0.25) is 5.28 Å². The van der Waals surface area contributed by atoms with Gasteiger partial charge in [0, 0.05) is 25.0 Å². The zero-order valence-electron chi connectivity index (χ0n) is 16.7. The molecule has 3 N–H and O–H groups in total. The van der Waals surface area contributed by atoms with Gasteiger partial charge in [0.05, 0.1) is 10.2 Å². The molecule has 0 bridgehead atoms. The average Bonchev–Trinajstić information content (AvgIpc) is 3.10. The number of hydrogen-bond acceptors (Lipinski definition) is 6. The topological polar surface area (TPSA) is 76.7 Å². The second-order valence-corrected chi connectivity index (χ2v) is 7.41. The summed E-state index contributed by atoms with van der Waals surface area (Å²) < 4.78 is 1.04. The smallest absolute Gasteiger partial charge is 0.224 e. The first kappa shape index (κ1) is 22.3. The molecule has 150 valence electrons. The molecule has 28 heavy (non-hydrogen) atoms. The van der Waals surface area contributed by atoms with Crippen molar-refractivity contribution in [2.45, 2.75) is 52.6 Å². The van der Waals surface area contributed by atoms with Gasteiger partial charge in [-0.1, -0.05) is 26.0 Å². The van der Waals surface area contributed by atoms with Crippen molar-refractivity contribution in [3.05, 3.63) is 58.5 Å². The number of nitrogens with one attached hydrogen (secondary N) is 1. The van der Waals surface area contributed by atoms with Crippen LogP contribution in [-0.2, 0) is 6.54 Å². The number of nitrogens with zero attached hydrogens (tertiary/aromatic N) is 3. The highest BCUT2D eigenvalue weighted by Crippen LogP contribution is 2.30. The summed E-state index contributed by atoms with van der Waals surface area (Å²) >= 11 is 7.59. The van der Waals surface area contributed by atoms with Crippen LogP contribution in [0.3, 0.4) is 0 Å². The summed E-state index contributed by atoms with van der Waals surface area (Å²) in [7, 11) is 0. The van der Waals surface area contributed by atoms with E-state index in [2.05, 4.69) is 37.8 Å². The lowest BCUT2D eigenvalue weighted by Gasteiger charge is -2.09. The maximum absolute atomic E-state index is 5.97. The van der Waals surface area contributed by atoms with Crippen molar-refractivity contribution in [3.63, 3.8) is 0 Å². The van der Waals surface area contributed by atoms with Crippen molar-refractivity contribution in [2.75, 3.05) is 5.32 Å². The molecule has 0 fully saturated rings. The Morgan fingerprint density at radius 2 is 1.96 bits per heavy atom. The van der Waals surface area contributed by atoms with E-state index in [4.69, 9.17) is 17.3 Å². The minimum absolute atomic E-state index is 0.270. The normalized spacial score (nSPS) is 15.2. The lowest BCUT2D eigenvalue weighted by molar-refractivity contribution is 0.606. The molecule has 3 aromatic rings. The van der Waals surface area contributed by atoms with Crippen LogP contribution in [-0.4, -0.2) is 21.0 Å². The summed E-state index contributed by atoms with van der Waals surface area (Å²) in [4.78, 5) is 12.5. The maximum Gasteiger partial charge on any atom is 0.224 e. The first-order valence-corrected chi connectivity index (χ1v) is 10.8. The summed E-state index contributed by atoms with van der Waals surface area (Å²) in [6.45, 7) is 6.71. The van der Waals surface area contributed by atoms with Gasteiger partial charge in [0.15, 0.2) is 0 Å². The number of thiophene rings is 1. The molecule has 5 nitrogen and oxygen atoms in total. The number of halogens is 1. The third-order valence-corrected chi connectivity index (χ3v) is 5.35. The van der Waals surface area contributed by atoms with Gasteiger partial charge in [0.25, 0.3) is 0 Å². The number of pyridine rings is 1. The van der Waals surface area contributed by atoms with E-state index in [0.29, 0.717) is 12.6 Å². The number of fused-ring (bicyclic) bond motifs is 1. The van der Waals surface area contributed by atoms with E-state index < -0.39 is 0 Å². The number of hydrogen-bond donors (Lipinski definition) is 2. The quantitative estimate of drug-likeness (QED) is 0.419. The molecule has 0 aliphatic heterocycles. The van der Waals surface area contributed by atoms with Gasteiger partial charge < -0.3 is 11.1 Å². The number of nitrogens with two attached hydrogens (primary N) is 1. The Kier molecular flexibility index (Phi) is 9.34. The van der Waals surface area contributed by atoms with E-state index in [0.717, 1.165) is 33.6 Å². The number of aromatic nitrogens is 3. The Bertz CT molecular complexity index is 879. The molecule has 1 atom stereocenters. The SMILES string of the molecule is CC.Cc1csc2c(NCc3ccncc3)nc(Cl)nc12.NC1CC=CCC1. The molecular weight excluding hydrogens is 390 g/mol. The lowest BCUT2D eigenvalue weighted by atomic mass is 10.0. The molecule has 0 spiro atoms. The predicted octanol–water partition coefficient (Wildman–Crippen LogP) is 5.74. The van der Waals surface area contributed by atoms with Crippen LogP contribution in [0.4, 0.5) is 5.82 Å². The monoisotopic (exact) mass is 417 g/mol. The van der Waals surface area contributed by atoms with Gasteiger partial charge in [-0.05, 0) is 66.4 Å². The standard InChI is InChI=1S/C13H11ClN4S.C6H11N.C2H6/c1-8-7-19-11-10(8)17-13(14)18-12(11)16-6-9-2-4-15-5-3-9;7-6-4-2-1-3-5-6;1-2/h2-5,7H,6H2,1H3,(H,16,17,18);1-2,6H,3-5,7H2;1-2H3. The zero-order chi connectivity index (χ0) is 20.4.